The summed E-state index contributed by atoms with van der Waals surface area (Å²) in [5.74, 6) is 0.214. The topological polar surface area (TPSA) is 166 Å². The minimum absolute atomic E-state index is 0.0842. The minimum Gasteiger partial charge on any atom is -0.478 e. The predicted molar refractivity (Wildman–Crippen MR) is 94.1 cm³/mol. The summed E-state index contributed by atoms with van der Waals surface area (Å²) in [6.45, 7) is 0. The highest BCUT2D eigenvalue weighted by molar-refractivity contribution is 5.89. The number of nitrogens with zero attached hydrogens (tertiary/aromatic N) is 5. The Hall–Kier alpha value is -4.28. The van der Waals surface area contributed by atoms with E-state index in [1.54, 1.807) is 24.3 Å². The number of anilines is 2. The molecule has 0 fully saturated rings. The number of nitrogen functional groups attached to an aromatic ring is 1. The second-order valence-corrected chi connectivity index (χ2v) is 5.33. The molecular weight excluding hydrogens is 354 g/mol. The van der Waals surface area contributed by atoms with Gasteiger partial charge in [0.25, 0.3) is 0 Å². The standard InChI is InChI=1S/C16H11N7O4/c17-12-13(20-15-14(19-12)22-27-23-15)21-18-7-10-4-5-11(26-10)8-2-1-3-9(6-8)16(24)25/h1-7H,(H,24,25)(H2,17,19,22)(H,20,21,23). The molecule has 4 N–H and O–H groups in total. The van der Waals surface area contributed by atoms with Crippen LogP contribution in [0.3, 0.4) is 0 Å². The molecule has 4 aromatic rings. The molecule has 3 heterocycles. The van der Waals surface area contributed by atoms with Gasteiger partial charge in [-0.25, -0.2) is 14.4 Å². The molecule has 11 heteroatoms. The van der Waals surface area contributed by atoms with Crippen LogP contribution < -0.4 is 11.2 Å². The van der Waals surface area contributed by atoms with Crippen molar-refractivity contribution in [2.24, 2.45) is 5.10 Å². The number of fused-ring (bicyclic) bond motifs is 1. The number of hydrazone groups is 1. The summed E-state index contributed by atoms with van der Waals surface area (Å²) in [5.41, 5.74) is 9.60. The Bertz CT molecular complexity index is 1160. The van der Waals surface area contributed by atoms with Crippen LogP contribution in [0, 0.1) is 0 Å². The zero-order valence-electron chi connectivity index (χ0n) is 13.5. The van der Waals surface area contributed by atoms with E-state index in [9.17, 15) is 4.79 Å². The summed E-state index contributed by atoms with van der Waals surface area (Å²) in [6.07, 6.45) is 1.41. The third-order valence-electron chi connectivity index (χ3n) is 3.52. The second kappa shape index (κ2) is 6.55. The Morgan fingerprint density at radius 3 is 2.81 bits per heavy atom. The fraction of sp³-hybridized carbons (Fsp3) is 0. The Morgan fingerprint density at radius 1 is 1.19 bits per heavy atom. The van der Waals surface area contributed by atoms with E-state index < -0.39 is 5.97 Å². The number of benzene rings is 1. The van der Waals surface area contributed by atoms with Crippen molar-refractivity contribution in [3.8, 4) is 11.3 Å². The van der Waals surface area contributed by atoms with Crippen LogP contribution in [0.4, 0.5) is 11.6 Å². The number of carboxylic acid groups (broad SMARTS) is 1. The van der Waals surface area contributed by atoms with Gasteiger partial charge in [0.2, 0.25) is 11.3 Å². The van der Waals surface area contributed by atoms with E-state index in [1.165, 1.54) is 18.3 Å². The number of hydrogen-bond acceptors (Lipinski definition) is 10. The SMILES string of the molecule is Nc1nc2nonc2nc1NN=Cc1ccc(-c2cccc(C(=O)O)c2)o1. The first-order chi connectivity index (χ1) is 13.1. The number of hydrogen-bond donors (Lipinski definition) is 3. The van der Waals surface area contributed by atoms with Crippen LogP contribution >= 0.6 is 0 Å². The van der Waals surface area contributed by atoms with Crippen LogP contribution in [-0.4, -0.2) is 37.6 Å². The van der Waals surface area contributed by atoms with Gasteiger partial charge in [-0.3, -0.25) is 5.43 Å². The van der Waals surface area contributed by atoms with Crippen molar-refractivity contribution in [1.29, 1.82) is 0 Å². The Morgan fingerprint density at radius 2 is 2.00 bits per heavy atom. The summed E-state index contributed by atoms with van der Waals surface area (Å²) >= 11 is 0. The smallest absolute Gasteiger partial charge is 0.335 e. The number of rotatable bonds is 5. The van der Waals surface area contributed by atoms with Gasteiger partial charge in [0, 0.05) is 5.56 Å². The van der Waals surface area contributed by atoms with Crippen molar-refractivity contribution in [3.05, 3.63) is 47.7 Å². The number of aromatic carboxylic acids is 1. The molecule has 0 aliphatic heterocycles. The van der Waals surface area contributed by atoms with Gasteiger partial charge < -0.3 is 15.3 Å². The number of furan rings is 1. The van der Waals surface area contributed by atoms with E-state index in [-0.39, 0.29) is 28.5 Å². The molecule has 0 unspecified atom stereocenters. The van der Waals surface area contributed by atoms with Gasteiger partial charge in [-0.1, -0.05) is 12.1 Å². The molecule has 0 saturated carbocycles. The van der Waals surface area contributed by atoms with Crippen LogP contribution in [0.15, 0.2) is 50.5 Å². The van der Waals surface area contributed by atoms with E-state index >= 15 is 0 Å². The van der Waals surface area contributed by atoms with Crippen molar-refractivity contribution in [3.63, 3.8) is 0 Å². The van der Waals surface area contributed by atoms with Crippen LogP contribution in [0.1, 0.15) is 16.1 Å². The molecule has 11 nitrogen and oxygen atoms in total. The van der Waals surface area contributed by atoms with E-state index in [0.29, 0.717) is 17.1 Å². The highest BCUT2D eigenvalue weighted by Crippen LogP contribution is 2.23. The third kappa shape index (κ3) is 3.28. The molecule has 4 rings (SSSR count). The summed E-state index contributed by atoms with van der Waals surface area (Å²) < 4.78 is 10.2. The highest BCUT2D eigenvalue weighted by atomic mass is 16.6. The van der Waals surface area contributed by atoms with Crippen LogP contribution in [0.5, 0.6) is 0 Å². The van der Waals surface area contributed by atoms with E-state index in [0.717, 1.165) is 0 Å². The molecule has 0 atom stereocenters. The quantitative estimate of drug-likeness (QED) is 0.351. The first-order valence-corrected chi connectivity index (χ1v) is 7.58. The Balaban J connectivity index is 1.51. The fourth-order valence-electron chi connectivity index (χ4n) is 2.27. The first-order valence-electron chi connectivity index (χ1n) is 7.58. The molecule has 0 spiro atoms. The zero-order valence-corrected chi connectivity index (χ0v) is 13.5. The number of carbonyl (C=O) groups is 1. The lowest BCUT2D eigenvalue weighted by Gasteiger charge is -2.00. The van der Waals surface area contributed by atoms with Crippen molar-refractivity contribution < 1.29 is 18.9 Å². The molecule has 0 aliphatic rings. The van der Waals surface area contributed by atoms with Crippen molar-refractivity contribution in [1.82, 2.24) is 20.3 Å². The number of nitrogens with two attached hydrogens (primary N) is 1. The predicted octanol–water partition coefficient (Wildman–Crippen LogP) is 2.00. The third-order valence-corrected chi connectivity index (χ3v) is 3.52. The Kier molecular flexibility index (Phi) is 3.93. The molecule has 134 valence electrons. The zero-order chi connectivity index (χ0) is 18.8. The summed E-state index contributed by atoms with van der Waals surface area (Å²) in [4.78, 5) is 19.1. The lowest BCUT2D eigenvalue weighted by Crippen LogP contribution is -2.02. The molecule has 3 aromatic heterocycles. The molecule has 0 radical (unpaired) electrons. The van der Waals surface area contributed by atoms with Gasteiger partial charge in [0.05, 0.1) is 11.8 Å². The molecule has 27 heavy (non-hydrogen) atoms. The number of nitrogens with one attached hydrogen (secondary N) is 1. The van der Waals surface area contributed by atoms with Crippen LogP contribution in [0.25, 0.3) is 22.6 Å². The van der Waals surface area contributed by atoms with Gasteiger partial charge >= 0.3 is 5.97 Å². The fourth-order valence-corrected chi connectivity index (χ4v) is 2.27. The lowest BCUT2D eigenvalue weighted by molar-refractivity contribution is 0.0697. The molecule has 0 aliphatic carbocycles. The average molecular weight is 365 g/mol. The van der Waals surface area contributed by atoms with Gasteiger partial charge in [-0.15, -0.1) is 0 Å². The summed E-state index contributed by atoms with van der Waals surface area (Å²) in [7, 11) is 0. The van der Waals surface area contributed by atoms with Crippen molar-refractivity contribution in [2.45, 2.75) is 0 Å². The molecule has 0 saturated heterocycles. The monoisotopic (exact) mass is 365 g/mol. The maximum atomic E-state index is 11.1. The van der Waals surface area contributed by atoms with Gasteiger partial charge in [-0.05, 0) is 34.6 Å². The largest absolute Gasteiger partial charge is 0.478 e. The van der Waals surface area contributed by atoms with Crippen LogP contribution in [0.2, 0.25) is 0 Å². The Labute approximate surface area is 150 Å². The van der Waals surface area contributed by atoms with E-state index in [2.05, 4.69) is 35.4 Å². The first kappa shape index (κ1) is 16.2. The minimum atomic E-state index is -1.01. The van der Waals surface area contributed by atoms with Crippen LogP contribution in [-0.2, 0) is 0 Å². The highest BCUT2D eigenvalue weighted by Gasteiger charge is 2.10. The molecule has 0 amide bonds. The lowest BCUT2D eigenvalue weighted by atomic mass is 10.1. The van der Waals surface area contributed by atoms with Gasteiger partial charge in [0.1, 0.15) is 11.5 Å². The number of carboxylic acids is 1. The number of aromatic nitrogens is 4. The second-order valence-electron chi connectivity index (χ2n) is 5.33. The van der Waals surface area contributed by atoms with E-state index in [1.807, 2.05) is 0 Å². The summed E-state index contributed by atoms with van der Waals surface area (Å²) in [5, 5.41) is 20.2. The van der Waals surface area contributed by atoms with Gasteiger partial charge in [0.15, 0.2) is 11.6 Å². The van der Waals surface area contributed by atoms with Crippen molar-refractivity contribution >= 4 is 35.1 Å². The average Bonchev–Trinajstić information content (AvgIpc) is 3.31. The maximum Gasteiger partial charge on any atom is 0.335 e. The molecular formula is C16H11N7O4. The maximum absolute atomic E-state index is 11.1. The van der Waals surface area contributed by atoms with Crippen molar-refractivity contribution in [2.75, 3.05) is 11.2 Å². The van der Waals surface area contributed by atoms with E-state index in [4.69, 9.17) is 15.3 Å². The van der Waals surface area contributed by atoms with Gasteiger partial charge in [-0.2, -0.15) is 10.1 Å². The molecule has 1 aromatic carbocycles. The molecule has 0 bridgehead atoms. The summed E-state index contributed by atoms with van der Waals surface area (Å²) in [6, 6.07) is 9.83. The normalized spacial score (nSPS) is 11.3.